The van der Waals surface area contributed by atoms with E-state index in [9.17, 15) is 19.5 Å². The SMILES string of the molecule is COc1ccc([C@H]2C(=C(O)c3ccccc3)C(=O)C(=O)N2CCCCCC(=O)O)c(OC)c1. The Morgan fingerprint density at radius 3 is 2.33 bits per heavy atom. The zero-order chi connectivity index (χ0) is 24.0. The van der Waals surface area contributed by atoms with Crippen molar-refractivity contribution in [3.63, 3.8) is 0 Å². The molecular weight excluding hydrogens is 426 g/mol. The van der Waals surface area contributed by atoms with Crippen LogP contribution in [0.5, 0.6) is 11.5 Å². The van der Waals surface area contributed by atoms with Crippen molar-refractivity contribution in [3.8, 4) is 11.5 Å². The Balaban J connectivity index is 2.05. The Morgan fingerprint density at radius 1 is 0.970 bits per heavy atom. The summed E-state index contributed by atoms with van der Waals surface area (Å²) in [5, 5.41) is 19.9. The lowest BCUT2D eigenvalue weighted by atomic mass is 9.94. The lowest BCUT2D eigenvalue weighted by Gasteiger charge is -2.27. The van der Waals surface area contributed by atoms with E-state index in [1.54, 1.807) is 48.5 Å². The molecule has 2 N–H and O–H groups in total. The molecular formula is C25H27NO7. The van der Waals surface area contributed by atoms with Crippen LogP contribution in [0.4, 0.5) is 0 Å². The summed E-state index contributed by atoms with van der Waals surface area (Å²) < 4.78 is 10.8. The molecule has 1 aliphatic rings. The highest BCUT2D eigenvalue weighted by Gasteiger charge is 2.46. The van der Waals surface area contributed by atoms with E-state index >= 15 is 0 Å². The first-order chi connectivity index (χ1) is 15.9. The Hall–Kier alpha value is -3.81. The number of hydrogen-bond acceptors (Lipinski definition) is 6. The minimum absolute atomic E-state index is 0.0137. The van der Waals surface area contributed by atoms with Gasteiger partial charge in [-0.1, -0.05) is 36.8 Å². The number of methoxy groups -OCH3 is 2. The van der Waals surface area contributed by atoms with Crippen molar-refractivity contribution in [2.75, 3.05) is 20.8 Å². The molecule has 1 fully saturated rings. The molecule has 0 bridgehead atoms. The summed E-state index contributed by atoms with van der Waals surface area (Å²) in [5.74, 6) is -1.66. The van der Waals surface area contributed by atoms with E-state index in [1.165, 1.54) is 19.1 Å². The summed E-state index contributed by atoms with van der Waals surface area (Å²) in [6.07, 6.45) is 1.61. The number of unbranched alkanes of at least 4 members (excludes halogenated alkanes) is 2. The normalized spacial score (nSPS) is 17.3. The molecule has 0 spiro atoms. The minimum atomic E-state index is -0.874. The average molecular weight is 453 g/mol. The van der Waals surface area contributed by atoms with E-state index in [4.69, 9.17) is 14.6 Å². The highest BCUT2D eigenvalue weighted by atomic mass is 16.5. The summed E-state index contributed by atoms with van der Waals surface area (Å²) in [6, 6.07) is 12.8. The van der Waals surface area contributed by atoms with Crippen molar-refractivity contribution in [1.29, 1.82) is 0 Å². The third-order valence-corrected chi connectivity index (χ3v) is 5.61. The second kappa shape index (κ2) is 10.7. The standard InChI is InChI=1S/C25H27NO7/c1-32-17-12-13-18(19(15-17)33-2)22-21(23(29)16-9-5-3-6-10-16)24(30)25(31)26(22)14-8-4-7-11-20(27)28/h3,5-6,9-10,12-13,15,22,29H,4,7-8,11,14H2,1-2H3,(H,27,28)/t22-/m0/s1. The number of Topliss-reactive ketones (excluding diaryl/α,β-unsaturated/α-hetero) is 1. The van der Waals surface area contributed by atoms with E-state index in [0.29, 0.717) is 41.9 Å². The van der Waals surface area contributed by atoms with Gasteiger partial charge in [-0.25, -0.2) is 0 Å². The number of aliphatic carboxylic acids is 1. The molecule has 0 saturated carbocycles. The zero-order valence-corrected chi connectivity index (χ0v) is 18.6. The van der Waals surface area contributed by atoms with Crippen LogP contribution < -0.4 is 9.47 Å². The number of carboxylic acid groups (broad SMARTS) is 1. The number of ketones is 1. The fourth-order valence-electron chi connectivity index (χ4n) is 3.96. The number of carbonyl (C=O) groups excluding carboxylic acids is 2. The van der Waals surface area contributed by atoms with Crippen LogP contribution in [0.25, 0.3) is 5.76 Å². The smallest absolute Gasteiger partial charge is 0.303 e. The fourth-order valence-corrected chi connectivity index (χ4v) is 3.96. The number of amides is 1. The third-order valence-electron chi connectivity index (χ3n) is 5.61. The molecule has 0 aromatic heterocycles. The van der Waals surface area contributed by atoms with Crippen molar-refractivity contribution in [2.45, 2.75) is 31.7 Å². The first-order valence-corrected chi connectivity index (χ1v) is 10.7. The van der Waals surface area contributed by atoms with Crippen LogP contribution in [0.3, 0.4) is 0 Å². The quantitative estimate of drug-likeness (QED) is 0.244. The summed E-state index contributed by atoms with van der Waals surface area (Å²) in [4.78, 5) is 38.2. The van der Waals surface area contributed by atoms with Crippen LogP contribution >= 0.6 is 0 Å². The molecule has 8 nitrogen and oxygen atoms in total. The van der Waals surface area contributed by atoms with Gasteiger partial charge < -0.3 is 24.6 Å². The van der Waals surface area contributed by atoms with E-state index in [-0.39, 0.29) is 24.3 Å². The zero-order valence-electron chi connectivity index (χ0n) is 18.6. The number of benzene rings is 2. The van der Waals surface area contributed by atoms with Crippen molar-refractivity contribution in [3.05, 3.63) is 65.2 Å². The second-order valence-corrected chi connectivity index (χ2v) is 7.67. The topological polar surface area (TPSA) is 113 Å². The molecule has 0 unspecified atom stereocenters. The van der Waals surface area contributed by atoms with Crippen molar-refractivity contribution < 1.29 is 34.1 Å². The van der Waals surface area contributed by atoms with Gasteiger partial charge in [0.2, 0.25) is 0 Å². The second-order valence-electron chi connectivity index (χ2n) is 7.67. The molecule has 0 radical (unpaired) electrons. The minimum Gasteiger partial charge on any atom is -0.507 e. The van der Waals surface area contributed by atoms with E-state index in [2.05, 4.69) is 0 Å². The maximum absolute atomic E-state index is 13.1. The van der Waals surface area contributed by atoms with Gasteiger partial charge in [-0.2, -0.15) is 0 Å². The van der Waals surface area contributed by atoms with Gasteiger partial charge in [0.25, 0.3) is 11.7 Å². The van der Waals surface area contributed by atoms with Crippen LogP contribution in [0, 0.1) is 0 Å². The number of rotatable bonds is 10. The van der Waals surface area contributed by atoms with Crippen LogP contribution in [-0.2, 0) is 14.4 Å². The summed E-state index contributed by atoms with van der Waals surface area (Å²) in [5.41, 5.74) is 0.954. The lowest BCUT2D eigenvalue weighted by Crippen LogP contribution is -2.31. The number of aliphatic hydroxyl groups excluding tert-OH is 1. The van der Waals surface area contributed by atoms with Crippen molar-refractivity contribution in [2.24, 2.45) is 0 Å². The third kappa shape index (κ3) is 5.16. The van der Waals surface area contributed by atoms with Gasteiger partial charge in [0, 0.05) is 30.2 Å². The van der Waals surface area contributed by atoms with Gasteiger partial charge in [-0.05, 0) is 25.0 Å². The lowest BCUT2D eigenvalue weighted by molar-refractivity contribution is -0.140. The monoisotopic (exact) mass is 453 g/mol. The van der Waals surface area contributed by atoms with Crippen molar-refractivity contribution >= 4 is 23.4 Å². The van der Waals surface area contributed by atoms with Gasteiger partial charge in [-0.15, -0.1) is 0 Å². The average Bonchev–Trinajstić information content (AvgIpc) is 3.08. The number of carbonyl (C=O) groups is 3. The summed E-state index contributed by atoms with van der Waals surface area (Å²) >= 11 is 0. The molecule has 1 atom stereocenters. The molecule has 2 aromatic carbocycles. The first-order valence-electron chi connectivity index (χ1n) is 10.7. The Kier molecular flexibility index (Phi) is 7.71. The van der Waals surface area contributed by atoms with E-state index in [1.807, 2.05) is 0 Å². The van der Waals surface area contributed by atoms with Gasteiger partial charge in [-0.3, -0.25) is 14.4 Å². The Morgan fingerprint density at radius 2 is 1.70 bits per heavy atom. The number of nitrogens with zero attached hydrogens (tertiary/aromatic N) is 1. The summed E-state index contributed by atoms with van der Waals surface area (Å²) in [7, 11) is 3.00. The number of ether oxygens (including phenoxy) is 2. The number of hydrogen-bond donors (Lipinski definition) is 2. The molecule has 1 heterocycles. The summed E-state index contributed by atoms with van der Waals surface area (Å²) in [6.45, 7) is 0.232. The van der Waals surface area contributed by atoms with Gasteiger partial charge in [0.1, 0.15) is 17.3 Å². The number of carboxylic acids is 1. The van der Waals surface area contributed by atoms with Gasteiger partial charge in [0.05, 0.1) is 25.8 Å². The molecule has 1 saturated heterocycles. The number of likely N-dealkylation sites (tertiary alicyclic amines) is 1. The molecule has 0 aliphatic carbocycles. The highest BCUT2D eigenvalue weighted by molar-refractivity contribution is 6.46. The molecule has 1 amide bonds. The van der Waals surface area contributed by atoms with Crippen LogP contribution in [0.15, 0.2) is 54.1 Å². The first kappa shape index (κ1) is 23.8. The Labute approximate surface area is 192 Å². The van der Waals surface area contributed by atoms with Gasteiger partial charge in [0.15, 0.2) is 0 Å². The van der Waals surface area contributed by atoms with Gasteiger partial charge >= 0.3 is 5.97 Å². The molecule has 33 heavy (non-hydrogen) atoms. The van der Waals surface area contributed by atoms with Crippen LogP contribution in [0.2, 0.25) is 0 Å². The largest absolute Gasteiger partial charge is 0.507 e. The fraction of sp³-hybridized carbons (Fsp3) is 0.320. The molecule has 8 heteroatoms. The molecule has 1 aliphatic heterocycles. The predicted octanol–water partition coefficient (Wildman–Crippen LogP) is 3.77. The predicted molar refractivity (Wildman–Crippen MR) is 121 cm³/mol. The van der Waals surface area contributed by atoms with Crippen LogP contribution in [0.1, 0.15) is 42.9 Å². The molecule has 2 aromatic rings. The Bertz CT molecular complexity index is 1060. The highest BCUT2D eigenvalue weighted by Crippen LogP contribution is 2.43. The maximum Gasteiger partial charge on any atom is 0.303 e. The molecule has 3 rings (SSSR count). The van der Waals surface area contributed by atoms with E-state index < -0.39 is 23.7 Å². The van der Waals surface area contributed by atoms with Crippen molar-refractivity contribution in [1.82, 2.24) is 4.90 Å². The van der Waals surface area contributed by atoms with E-state index in [0.717, 1.165) is 0 Å². The maximum atomic E-state index is 13.1. The number of aliphatic hydroxyl groups is 1. The molecule has 174 valence electrons. The van der Waals surface area contributed by atoms with Crippen LogP contribution in [-0.4, -0.2) is 53.5 Å².